The van der Waals surface area contributed by atoms with Crippen molar-refractivity contribution in [2.75, 3.05) is 14.2 Å². The summed E-state index contributed by atoms with van der Waals surface area (Å²) in [5.74, 6) is -0.929. The highest BCUT2D eigenvalue weighted by atomic mass is 79.9. The summed E-state index contributed by atoms with van der Waals surface area (Å²) in [7, 11) is 2.61. The van der Waals surface area contributed by atoms with Gasteiger partial charge in [-0.3, -0.25) is 10.0 Å². The maximum absolute atomic E-state index is 12.5. The summed E-state index contributed by atoms with van der Waals surface area (Å²) in [5, 5.41) is 3.77. The van der Waals surface area contributed by atoms with Gasteiger partial charge in [-0.15, -0.1) is 0 Å². The Labute approximate surface area is 164 Å². The van der Waals surface area contributed by atoms with Crippen LogP contribution in [-0.4, -0.2) is 48.3 Å². The third-order valence-corrected chi connectivity index (χ3v) is 8.06. The van der Waals surface area contributed by atoms with Gasteiger partial charge < -0.3 is 9.47 Å². The van der Waals surface area contributed by atoms with Crippen LogP contribution < -0.4 is 0 Å². The van der Waals surface area contributed by atoms with E-state index in [0.29, 0.717) is 5.70 Å². The van der Waals surface area contributed by atoms with Crippen LogP contribution in [0.25, 0.3) is 0 Å². The zero-order valence-corrected chi connectivity index (χ0v) is 18.2. The second-order valence-corrected chi connectivity index (χ2v) is 8.20. The average Bonchev–Trinajstić information content (AvgIpc) is 3.04. The van der Waals surface area contributed by atoms with E-state index in [4.69, 9.17) is 9.47 Å². The fourth-order valence-corrected chi connectivity index (χ4v) is 5.30. The number of halogens is 3. The van der Waals surface area contributed by atoms with Gasteiger partial charge >= 0.3 is 11.9 Å². The molecule has 6 nitrogen and oxygen atoms in total. The lowest BCUT2D eigenvalue weighted by Gasteiger charge is -2.45. The number of esters is 2. The second-order valence-electron chi connectivity index (χ2n) is 5.70. The Morgan fingerprint density at radius 3 is 2.21 bits per heavy atom. The monoisotopic (exact) mass is 524 g/mol. The molecule has 3 atom stereocenters. The van der Waals surface area contributed by atoms with E-state index in [1.165, 1.54) is 14.2 Å². The van der Waals surface area contributed by atoms with Crippen molar-refractivity contribution in [2.45, 2.75) is 25.9 Å². The van der Waals surface area contributed by atoms with Crippen LogP contribution in [-0.2, 0) is 19.1 Å². The van der Waals surface area contributed by atoms with Crippen LogP contribution in [0.2, 0.25) is 0 Å². The molecule has 0 aromatic rings. The van der Waals surface area contributed by atoms with Crippen molar-refractivity contribution in [3.05, 3.63) is 30.4 Å². The Kier molecular flexibility index (Phi) is 4.63. The lowest BCUT2D eigenvalue weighted by Crippen LogP contribution is -2.53. The molecule has 0 saturated heterocycles. The van der Waals surface area contributed by atoms with Gasteiger partial charge in [0.25, 0.3) is 0 Å². The zero-order chi connectivity index (χ0) is 17.9. The second kappa shape index (κ2) is 6.17. The van der Waals surface area contributed by atoms with Crippen LogP contribution in [0, 0.1) is 5.92 Å². The van der Waals surface area contributed by atoms with Crippen molar-refractivity contribution in [2.24, 2.45) is 5.92 Å². The van der Waals surface area contributed by atoms with Crippen LogP contribution in [0.15, 0.2) is 30.4 Å². The van der Waals surface area contributed by atoms with Gasteiger partial charge in [0.1, 0.15) is 0 Å². The van der Waals surface area contributed by atoms with Crippen LogP contribution in [0.5, 0.6) is 0 Å². The number of carbonyl (C=O) groups excluding carboxylic acids is 2. The van der Waals surface area contributed by atoms with Gasteiger partial charge in [-0.2, -0.15) is 0 Å². The summed E-state index contributed by atoms with van der Waals surface area (Å²) in [4.78, 5) is 25.0. The Morgan fingerprint density at radius 2 is 1.67 bits per heavy atom. The molecule has 0 N–H and O–H groups in total. The maximum Gasteiger partial charge on any atom is 0.338 e. The van der Waals surface area contributed by atoms with Gasteiger partial charge in [0.15, 0.2) is 6.04 Å². The van der Waals surface area contributed by atoms with E-state index >= 15 is 0 Å². The summed E-state index contributed by atoms with van der Waals surface area (Å²) in [5.41, 5.74) is 1.76. The van der Waals surface area contributed by atoms with E-state index in [-0.39, 0.29) is 17.5 Å². The first-order valence-corrected chi connectivity index (χ1v) is 9.56. The number of methoxy groups -OCH3 is 2. The van der Waals surface area contributed by atoms with E-state index in [1.807, 2.05) is 11.9 Å². The molecule has 0 aromatic heterocycles. The number of hydrazine groups is 1. The van der Waals surface area contributed by atoms with Gasteiger partial charge in [-0.05, 0) is 22.9 Å². The zero-order valence-electron chi connectivity index (χ0n) is 13.4. The summed E-state index contributed by atoms with van der Waals surface area (Å²) in [6.07, 6.45) is 0. The molecule has 0 aliphatic carbocycles. The number of ether oxygens (including phenoxy) is 2. The van der Waals surface area contributed by atoms with E-state index in [1.54, 1.807) is 5.01 Å². The van der Waals surface area contributed by atoms with Crippen LogP contribution in [0.4, 0.5) is 0 Å². The number of carbonyl (C=O) groups is 2. The smallest absolute Gasteiger partial charge is 0.338 e. The SMILES string of the molecule is COC(=O)C1=C2C(Br)=C(Br)C3C(C)C(Br)=C(C)N(C1C(=O)OC)N23. The molecule has 0 radical (unpaired) electrons. The molecule has 130 valence electrons. The fourth-order valence-electron chi connectivity index (χ4n) is 3.46. The molecule has 3 rings (SSSR count). The highest BCUT2D eigenvalue weighted by molar-refractivity contribution is 9.14. The first-order chi connectivity index (χ1) is 11.3. The molecule has 0 aromatic carbocycles. The molecule has 3 unspecified atom stereocenters. The van der Waals surface area contributed by atoms with Crippen molar-refractivity contribution < 1.29 is 19.1 Å². The van der Waals surface area contributed by atoms with E-state index in [9.17, 15) is 9.59 Å². The first-order valence-electron chi connectivity index (χ1n) is 7.18. The predicted molar refractivity (Wildman–Crippen MR) is 98.0 cm³/mol. The highest BCUT2D eigenvalue weighted by Crippen LogP contribution is 2.55. The molecule has 9 heteroatoms. The minimum Gasteiger partial charge on any atom is -0.467 e. The van der Waals surface area contributed by atoms with Crippen LogP contribution in [0.3, 0.4) is 0 Å². The Hall–Kier alpha value is -0.800. The number of hydrogen-bond acceptors (Lipinski definition) is 6. The van der Waals surface area contributed by atoms with Crippen molar-refractivity contribution in [3.63, 3.8) is 0 Å². The first kappa shape index (κ1) is 18.0. The molecule has 0 amide bonds. The summed E-state index contributed by atoms with van der Waals surface area (Å²) in [6.45, 7) is 3.99. The highest BCUT2D eigenvalue weighted by Gasteiger charge is 2.57. The molecule has 3 aliphatic heterocycles. The van der Waals surface area contributed by atoms with E-state index < -0.39 is 18.0 Å². The summed E-state index contributed by atoms with van der Waals surface area (Å²) in [6, 6.07) is -0.949. The Balaban J connectivity index is 2.32. The van der Waals surface area contributed by atoms with Crippen LogP contribution >= 0.6 is 47.8 Å². The molecule has 3 heterocycles. The van der Waals surface area contributed by atoms with Gasteiger partial charge in [0.2, 0.25) is 0 Å². The topological polar surface area (TPSA) is 59.1 Å². The lowest BCUT2D eigenvalue weighted by molar-refractivity contribution is -0.151. The standard InChI is InChI=1S/C15H15Br3N2O4/c1-5-8(16)6(2)19-13(15(22)24-4)7(14(21)23-3)12-10(18)9(17)11(5)20(12)19/h5,11,13H,1-4H3. The predicted octanol–water partition coefficient (Wildman–Crippen LogP) is 3.15. The molecule has 0 spiro atoms. The van der Waals surface area contributed by atoms with E-state index in [2.05, 4.69) is 54.7 Å². The Bertz CT molecular complexity index is 743. The van der Waals surface area contributed by atoms with Crippen molar-refractivity contribution in [1.82, 2.24) is 10.0 Å². The number of hydrogen-bond donors (Lipinski definition) is 0. The molecule has 0 bridgehead atoms. The lowest BCUT2D eigenvalue weighted by atomic mass is 9.98. The van der Waals surface area contributed by atoms with Gasteiger partial charge in [-0.25, -0.2) is 9.59 Å². The van der Waals surface area contributed by atoms with Crippen molar-refractivity contribution in [3.8, 4) is 0 Å². The number of allylic oxidation sites excluding steroid dienone is 2. The summed E-state index contributed by atoms with van der Waals surface area (Å²) < 4.78 is 12.5. The third kappa shape index (κ3) is 2.17. The maximum atomic E-state index is 12.5. The third-order valence-electron chi connectivity index (χ3n) is 4.57. The largest absolute Gasteiger partial charge is 0.467 e. The minimum absolute atomic E-state index is 0.0678. The quantitative estimate of drug-likeness (QED) is 0.515. The van der Waals surface area contributed by atoms with Crippen molar-refractivity contribution >= 4 is 59.7 Å². The van der Waals surface area contributed by atoms with Gasteiger partial charge in [0, 0.05) is 20.6 Å². The fraction of sp³-hybridized carbons (Fsp3) is 0.467. The number of nitrogens with zero attached hydrogens (tertiary/aromatic N) is 2. The average molecular weight is 527 g/mol. The van der Waals surface area contributed by atoms with E-state index in [0.717, 1.165) is 19.1 Å². The molecular formula is C15H15Br3N2O4. The van der Waals surface area contributed by atoms with Gasteiger partial charge in [-0.1, -0.05) is 38.8 Å². The normalized spacial score (nSPS) is 28.7. The minimum atomic E-state index is -0.881. The molecule has 24 heavy (non-hydrogen) atoms. The number of rotatable bonds is 2. The Morgan fingerprint density at radius 1 is 1.04 bits per heavy atom. The summed E-state index contributed by atoms with van der Waals surface area (Å²) >= 11 is 10.8. The molecule has 0 fully saturated rings. The molecule has 0 saturated carbocycles. The molecular weight excluding hydrogens is 512 g/mol. The molecule has 3 aliphatic rings. The van der Waals surface area contributed by atoms with Crippen LogP contribution in [0.1, 0.15) is 13.8 Å². The van der Waals surface area contributed by atoms with Gasteiger partial charge in [0.05, 0.1) is 36.0 Å². The van der Waals surface area contributed by atoms with Crippen molar-refractivity contribution in [1.29, 1.82) is 0 Å².